The molecule has 0 atom stereocenters. The summed E-state index contributed by atoms with van der Waals surface area (Å²) in [5, 5.41) is 8.89. The summed E-state index contributed by atoms with van der Waals surface area (Å²) in [7, 11) is 0.113. The van der Waals surface area contributed by atoms with Crippen LogP contribution in [-0.4, -0.2) is 38.5 Å². The zero-order valence-electron chi connectivity index (χ0n) is 9.21. The van der Waals surface area contributed by atoms with Gasteiger partial charge >= 0.3 is 0 Å². The van der Waals surface area contributed by atoms with Gasteiger partial charge in [0.2, 0.25) is 0 Å². The first-order chi connectivity index (χ1) is 6.90. The highest BCUT2D eigenvalue weighted by Gasteiger charge is 2.08. The predicted octanol–water partition coefficient (Wildman–Crippen LogP) is 1.42. The quantitative estimate of drug-likeness (QED) is 0.782. The molecule has 0 aliphatic carbocycles. The van der Waals surface area contributed by atoms with Crippen LogP contribution in [0.25, 0.3) is 0 Å². The third-order valence-electron chi connectivity index (χ3n) is 1.48. The lowest BCUT2D eigenvalue weighted by Crippen LogP contribution is -2.02. The molecule has 0 radical (unpaired) electrons. The molecule has 0 saturated carbocycles. The second-order valence-corrected chi connectivity index (χ2v) is 5.34. The van der Waals surface area contributed by atoms with E-state index in [9.17, 15) is 8.42 Å². The van der Waals surface area contributed by atoms with Gasteiger partial charge in [-0.1, -0.05) is 25.1 Å². The maximum Gasteiger partial charge on any atom is 0.178 e. The zero-order chi connectivity index (χ0) is 11.9. The van der Waals surface area contributed by atoms with Gasteiger partial charge in [0.05, 0.1) is 10.6 Å². The maximum absolute atomic E-state index is 11.2. The van der Waals surface area contributed by atoms with E-state index in [0.29, 0.717) is 4.90 Å². The van der Waals surface area contributed by atoms with E-state index in [4.69, 9.17) is 5.21 Å². The summed E-state index contributed by atoms with van der Waals surface area (Å²) < 4.78 is 22.4. The molecule has 15 heavy (non-hydrogen) atoms. The van der Waals surface area contributed by atoms with Gasteiger partial charge in [-0.3, -0.25) is 0 Å². The lowest BCUT2D eigenvalue weighted by molar-refractivity contribution is -0.0372. The van der Waals surface area contributed by atoms with Crippen molar-refractivity contribution >= 4 is 9.84 Å². The molecule has 0 aromatic heterocycles. The Hall–Kier alpha value is -0.910. The fourth-order valence-corrected chi connectivity index (χ4v) is 1.70. The number of benzene rings is 1. The van der Waals surface area contributed by atoms with E-state index in [-0.39, 0.29) is 5.75 Å². The Balaban J connectivity index is 0.000000423. The van der Waals surface area contributed by atoms with E-state index >= 15 is 0 Å². The van der Waals surface area contributed by atoms with Crippen LogP contribution < -0.4 is 0 Å². The summed E-state index contributed by atoms with van der Waals surface area (Å²) in [6.45, 7) is 1.64. The van der Waals surface area contributed by atoms with E-state index in [1.807, 2.05) is 0 Å². The van der Waals surface area contributed by atoms with Crippen molar-refractivity contribution < 1.29 is 13.6 Å². The molecule has 0 heterocycles. The van der Waals surface area contributed by atoms with Crippen molar-refractivity contribution in [1.82, 2.24) is 5.06 Å². The number of sulfone groups is 1. The predicted molar refractivity (Wildman–Crippen MR) is 59.6 cm³/mol. The average molecular weight is 231 g/mol. The third-order valence-corrected chi connectivity index (χ3v) is 3.23. The largest absolute Gasteiger partial charge is 0.315 e. The molecule has 86 valence electrons. The van der Waals surface area contributed by atoms with E-state index < -0.39 is 9.84 Å². The molecule has 1 rings (SSSR count). The lowest BCUT2D eigenvalue weighted by atomic mass is 10.4. The van der Waals surface area contributed by atoms with Gasteiger partial charge in [-0.15, -0.1) is 0 Å². The van der Waals surface area contributed by atoms with Crippen molar-refractivity contribution in [3.8, 4) is 0 Å². The van der Waals surface area contributed by atoms with Crippen molar-refractivity contribution in [2.75, 3.05) is 19.8 Å². The number of rotatable bonds is 2. The van der Waals surface area contributed by atoms with Gasteiger partial charge in [0.15, 0.2) is 9.84 Å². The number of hydrogen-bond acceptors (Lipinski definition) is 4. The molecule has 0 saturated heterocycles. The summed E-state index contributed by atoms with van der Waals surface area (Å²) in [5.41, 5.74) is 0. The summed E-state index contributed by atoms with van der Waals surface area (Å²) >= 11 is 0. The Labute approximate surface area is 91.0 Å². The Morgan fingerprint density at radius 3 is 1.93 bits per heavy atom. The summed E-state index contributed by atoms with van der Waals surface area (Å²) in [5.74, 6) is 0.164. The van der Waals surface area contributed by atoms with Crippen molar-refractivity contribution in [3.05, 3.63) is 30.3 Å². The molecule has 0 spiro atoms. The highest BCUT2D eigenvalue weighted by Crippen LogP contribution is 2.08. The molecule has 0 unspecified atom stereocenters. The minimum Gasteiger partial charge on any atom is -0.315 e. The standard InChI is InChI=1S/C8H10O2S.C2H7NO/c1-2-11(9,10)8-6-4-3-5-7-8;1-3(2)4/h3-7H,2H2,1H3;4H,1-2H3. The molecule has 1 aromatic carbocycles. The van der Waals surface area contributed by atoms with Gasteiger partial charge in [0.25, 0.3) is 0 Å². The Morgan fingerprint density at radius 2 is 1.60 bits per heavy atom. The second kappa shape index (κ2) is 6.55. The lowest BCUT2D eigenvalue weighted by Gasteiger charge is -1.98. The highest BCUT2D eigenvalue weighted by molar-refractivity contribution is 7.91. The maximum atomic E-state index is 11.2. The Morgan fingerprint density at radius 1 is 1.20 bits per heavy atom. The first-order valence-electron chi connectivity index (χ1n) is 4.54. The van der Waals surface area contributed by atoms with Gasteiger partial charge in [0.1, 0.15) is 0 Å². The number of hydroxylamine groups is 2. The van der Waals surface area contributed by atoms with Crippen molar-refractivity contribution in [2.45, 2.75) is 11.8 Å². The van der Waals surface area contributed by atoms with E-state index in [0.717, 1.165) is 5.06 Å². The number of hydrogen-bond donors (Lipinski definition) is 1. The molecule has 0 aliphatic heterocycles. The monoisotopic (exact) mass is 231 g/mol. The fraction of sp³-hybridized carbons (Fsp3) is 0.400. The van der Waals surface area contributed by atoms with E-state index in [2.05, 4.69) is 0 Å². The SMILES string of the molecule is CCS(=O)(=O)c1ccccc1.CN(C)O. The first kappa shape index (κ1) is 14.1. The Bertz CT molecular complexity index is 357. The van der Waals surface area contributed by atoms with Crippen LogP contribution in [0.1, 0.15) is 6.92 Å². The van der Waals surface area contributed by atoms with E-state index in [1.165, 1.54) is 0 Å². The fourth-order valence-electron chi connectivity index (χ4n) is 0.794. The van der Waals surface area contributed by atoms with Crippen molar-refractivity contribution in [3.63, 3.8) is 0 Å². The van der Waals surface area contributed by atoms with Gasteiger partial charge in [-0.25, -0.2) is 8.42 Å². The molecule has 1 N–H and O–H groups in total. The highest BCUT2D eigenvalue weighted by atomic mass is 32.2. The first-order valence-corrected chi connectivity index (χ1v) is 6.19. The normalized spacial score (nSPS) is 10.7. The van der Waals surface area contributed by atoms with Crippen LogP contribution in [-0.2, 0) is 9.84 Å². The smallest absolute Gasteiger partial charge is 0.178 e. The van der Waals surface area contributed by atoms with Crippen molar-refractivity contribution in [1.29, 1.82) is 0 Å². The minimum absolute atomic E-state index is 0.164. The summed E-state index contributed by atoms with van der Waals surface area (Å²) in [6.07, 6.45) is 0. The molecule has 0 bridgehead atoms. The topological polar surface area (TPSA) is 57.6 Å². The van der Waals surface area contributed by atoms with E-state index in [1.54, 1.807) is 51.4 Å². The van der Waals surface area contributed by atoms with Gasteiger partial charge in [0, 0.05) is 14.1 Å². The molecule has 0 fully saturated rings. The Kier molecular flexibility index (Phi) is 6.15. The molecule has 0 aliphatic rings. The van der Waals surface area contributed by atoms with Crippen LogP contribution in [0.4, 0.5) is 0 Å². The molecule has 5 heteroatoms. The molecular formula is C10H17NO3S. The minimum atomic E-state index is -3.00. The van der Waals surface area contributed by atoms with Gasteiger partial charge < -0.3 is 5.21 Å². The van der Waals surface area contributed by atoms with Crippen LogP contribution in [0.15, 0.2) is 35.2 Å². The molecule has 4 nitrogen and oxygen atoms in total. The summed E-state index contributed by atoms with van der Waals surface area (Å²) in [6, 6.07) is 8.47. The summed E-state index contributed by atoms with van der Waals surface area (Å²) in [4.78, 5) is 0.405. The van der Waals surface area contributed by atoms with Crippen LogP contribution in [0, 0.1) is 0 Å². The third kappa shape index (κ3) is 6.22. The number of nitrogens with zero attached hydrogens (tertiary/aromatic N) is 1. The van der Waals surface area contributed by atoms with Crippen LogP contribution in [0.5, 0.6) is 0 Å². The molecule has 0 amide bonds. The molecule has 1 aromatic rings. The van der Waals surface area contributed by atoms with Gasteiger partial charge in [-0.05, 0) is 12.1 Å². The van der Waals surface area contributed by atoms with Crippen LogP contribution >= 0.6 is 0 Å². The average Bonchev–Trinajstić information content (AvgIpc) is 2.18. The van der Waals surface area contributed by atoms with Crippen molar-refractivity contribution in [2.24, 2.45) is 0 Å². The van der Waals surface area contributed by atoms with Crippen LogP contribution in [0.3, 0.4) is 0 Å². The zero-order valence-corrected chi connectivity index (χ0v) is 10.0. The van der Waals surface area contributed by atoms with Gasteiger partial charge in [-0.2, -0.15) is 5.06 Å². The second-order valence-electron chi connectivity index (χ2n) is 3.06. The molecular weight excluding hydrogens is 214 g/mol. The van der Waals surface area contributed by atoms with Crippen LogP contribution in [0.2, 0.25) is 0 Å².